The first kappa shape index (κ1) is 20.9. The topological polar surface area (TPSA) is 88.5 Å². The number of sulfonamides is 1. The van der Waals surface area contributed by atoms with Gasteiger partial charge < -0.3 is 9.88 Å². The summed E-state index contributed by atoms with van der Waals surface area (Å²) in [5, 5.41) is 2.86. The Morgan fingerprint density at radius 3 is 2.44 bits per heavy atom. The number of anilines is 1. The third-order valence-electron chi connectivity index (χ3n) is 4.24. The number of nitrogens with zero attached hydrogens (tertiary/aromatic N) is 2. The van der Waals surface area contributed by atoms with Gasteiger partial charge in [-0.25, -0.2) is 12.7 Å². The van der Waals surface area contributed by atoms with Crippen molar-refractivity contribution in [3.05, 3.63) is 58.0 Å². The zero-order valence-corrected chi connectivity index (χ0v) is 17.0. The van der Waals surface area contributed by atoms with E-state index in [9.17, 15) is 18.0 Å². The molecule has 1 N–H and O–H groups in total. The summed E-state index contributed by atoms with van der Waals surface area (Å²) < 4.78 is 26.6. The molecule has 1 amide bonds. The molecule has 27 heavy (non-hydrogen) atoms. The van der Waals surface area contributed by atoms with E-state index in [4.69, 9.17) is 0 Å². The summed E-state index contributed by atoms with van der Waals surface area (Å²) in [7, 11) is -0.882. The third kappa shape index (κ3) is 4.64. The van der Waals surface area contributed by atoms with Gasteiger partial charge in [0.1, 0.15) is 6.54 Å². The summed E-state index contributed by atoms with van der Waals surface area (Å²) >= 11 is 0. The minimum absolute atomic E-state index is 0.0429. The molecular formula is C19H25N3O4S. The summed E-state index contributed by atoms with van der Waals surface area (Å²) in [5.41, 5.74) is 2.20. The van der Waals surface area contributed by atoms with Gasteiger partial charge in [0.2, 0.25) is 15.9 Å². The molecule has 0 saturated carbocycles. The van der Waals surface area contributed by atoms with Crippen LogP contribution >= 0.6 is 0 Å². The number of carbonyl (C=O) groups is 1. The maximum atomic E-state index is 12.5. The van der Waals surface area contributed by atoms with Gasteiger partial charge in [-0.15, -0.1) is 0 Å². The molecule has 146 valence electrons. The Morgan fingerprint density at radius 1 is 1.19 bits per heavy atom. The van der Waals surface area contributed by atoms with E-state index in [0.29, 0.717) is 0 Å². The Morgan fingerprint density at radius 2 is 1.85 bits per heavy atom. The molecule has 2 aromatic rings. The van der Waals surface area contributed by atoms with Crippen molar-refractivity contribution in [3.63, 3.8) is 0 Å². The van der Waals surface area contributed by atoms with Crippen molar-refractivity contribution in [1.29, 1.82) is 0 Å². The van der Waals surface area contributed by atoms with Gasteiger partial charge in [0.25, 0.3) is 5.56 Å². The Labute approximate surface area is 159 Å². The monoisotopic (exact) mass is 391 g/mol. The van der Waals surface area contributed by atoms with Gasteiger partial charge in [0.05, 0.1) is 4.90 Å². The van der Waals surface area contributed by atoms with Gasteiger partial charge in [-0.3, -0.25) is 9.59 Å². The molecule has 1 aromatic heterocycles. The van der Waals surface area contributed by atoms with Crippen LogP contribution in [0.15, 0.2) is 46.2 Å². The number of pyridine rings is 1. The molecule has 1 aromatic carbocycles. The summed E-state index contributed by atoms with van der Waals surface area (Å²) in [4.78, 5) is 24.6. The number of nitrogens with one attached hydrogen (secondary N) is 1. The number of hydrogen-bond acceptors (Lipinski definition) is 4. The second-order valence-corrected chi connectivity index (χ2v) is 9.01. The van der Waals surface area contributed by atoms with E-state index in [-0.39, 0.29) is 17.4 Å². The smallest absolute Gasteiger partial charge is 0.251 e. The predicted molar refractivity (Wildman–Crippen MR) is 105 cm³/mol. The van der Waals surface area contributed by atoms with Crippen LogP contribution in [0.2, 0.25) is 0 Å². The number of carbonyl (C=O) groups excluding carboxylic acids is 1. The molecule has 7 nitrogen and oxygen atoms in total. The van der Waals surface area contributed by atoms with E-state index in [1.807, 2.05) is 39.0 Å². The predicted octanol–water partition coefficient (Wildman–Crippen LogP) is 2.17. The Balaban J connectivity index is 2.31. The Hall–Kier alpha value is -2.45. The number of amides is 1. The second-order valence-electron chi connectivity index (χ2n) is 6.86. The molecule has 0 aliphatic rings. The zero-order valence-electron chi connectivity index (χ0n) is 16.2. The average Bonchev–Trinajstić information content (AvgIpc) is 2.58. The Kier molecular flexibility index (Phi) is 6.22. The van der Waals surface area contributed by atoms with Crippen molar-refractivity contribution in [3.8, 4) is 0 Å². The molecule has 2 rings (SSSR count). The second kappa shape index (κ2) is 8.06. The van der Waals surface area contributed by atoms with Crippen LogP contribution in [0, 0.1) is 6.92 Å². The lowest BCUT2D eigenvalue weighted by atomic mass is 9.98. The highest BCUT2D eigenvalue weighted by Gasteiger charge is 2.19. The van der Waals surface area contributed by atoms with Crippen molar-refractivity contribution >= 4 is 21.6 Å². The molecule has 0 aliphatic carbocycles. The fraction of sp³-hybridized carbons (Fsp3) is 0.368. The molecule has 0 bridgehead atoms. The Bertz CT molecular complexity index is 1010. The summed E-state index contributed by atoms with van der Waals surface area (Å²) in [6.45, 7) is 5.69. The summed E-state index contributed by atoms with van der Waals surface area (Å²) in [6.07, 6.45) is 1.19. The van der Waals surface area contributed by atoms with Crippen LogP contribution in [0.1, 0.15) is 30.9 Å². The van der Waals surface area contributed by atoms with E-state index in [1.54, 1.807) is 0 Å². The van der Waals surface area contributed by atoms with Gasteiger partial charge in [-0.2, -0.15) is 0 Å². The lowest BCUT2D eigenvalue weighted by molar-refractivity contribution is -0.116. The number of para-hydroxylation sites is 1. The van der Waals surface area contributed by atoms with Crippen molar-refractivity contribution in [1.82, 2.24) is 8.87 Å². The standard InChI is InChI=1S/C19H25N3O4S/c1-13(2)16-8-6-7-14(3)19(16)20-17(23)12-22-11-15(9-10-18(22)24)27(25,26)21(4)5/h6-11,13H,12H2,1-5H3,(H,20,23). The molecule has 0 spiro atoms. The van der Waals surface area contributed by atoms with Crippen LogP contribution in [0.25, 0.3) is 0 Å². The lowest BCUT2D eigenvalue weighted by Crippen LogP contribution is -2.29. The molecule has 8 heteroatoms. The van der Waals surface area contributed by atoms with E-state index in [2.05, 4.69) is 5.32 Å². The zero-order chi connectivity index (χ0) is 20.4. The molecule has 0 atom stereocenters. The van der Waals surface area contributed by atoms with E-state index < -0.39 is 21.5 Å². The number of rotatable bonds is 6. The number of hydrogen-bond donors (Lipinski definition) is 1. The van der Waals surface area contributed by atoms with Gasteiger partial charge in [0.15, 0.2) is 0 Å². The number of aryl methyl sites for hydroxylation is 1. The normalized spacial score (nSPS) is 11.8. The van der Waals surface area contributed by atoms with Crippen LogP contribution in [-0.4, -0.2) is 37.3 Å². The van der Waals surface area contributed by atoms with Crippen LogP contribution in [0.5, 0.6) is 0 Å². The molecule has 0 saturated heterocycles. The van der Waals surface area contributed by atoms with Gasteiger partial charge in [-0.1, -0.05) is 32.0 Å². The first-order chi connectivity index (χ1) is 12.5. The van der Waals surface area contributed by atoms with Crippen molar-refractivity contribution in [2.24, 2.45) is 0 Å². The van der Waals surface area contributed by atoms with Gasteiger partial charge in [-0.05, 0) is 30.0 Å². The third-order valence-corrected chi connectivity index (χ3v) is 6.04. The van der Waals surface area contributed by atoms with E-state index in [1.165, 1.54) is 26.4 Å². The number of aromatic nitrogens is 1. The molecule has 0 unspecified atom stereocenters. The molecular weight excluding hydrogens is 366 g/mol. The largest absolute Gasteiger partial charge is 0.324 e. The minimum Gasteiger partial charge on any atom is -0.324 e. The maximum Gasteiger partial charge on any atom is 0.251 e. The average molecular weight is 391 g/mol. The van der Waals surface area contributed by atoms with Crippen molar-refractivity contribution < 1.29 is 13.2 Å². The lowest BCUT2D eigenvalue weighted by Gasteiger charge is -2.17. The van der Waals surface area contributed by atoms with Gasteiger partial charge >= 0.3 is 0 Å². The number of benzene rings is 1. The fourth-order valence-corrected chi connectivity index (χ4v) is 3.59. The molecule has 0 aliphatic heterocycles. The maximum absolute atomic E-state index is 12.5. The highest BCUT2D eigenvalue weighted by molar-refractivity contribution is 7.89. The fourth-order valence-electron chi connectivity index (χ4n) is 2.67. The SMILES string of the molecule is Cc1cccc(C(C)C)c1NC(=O)Cn1cc(S(=O)(=O)N(C)C)ccc1=O. The highest BCUT2D eigenvalue weighted by atomic mass is 32.2. The van der Waals surface area contributed by atoms with E-state index in [0.717, 1.165) is 31.8 Å². The molecule has 0 fully saturated rings. The van der Waals surface area contributed by atoms with Gasteiger partial charge in [0, 0.05) is 32.0 Å². The van der Waals surface area contributed by atoms with Crippen molar-refractivity contribution in [2.75, 3.05) is 19.4 Å². The summed E-state index contributed by atoms with van der Waals surface area (Å²) in [5.74, 6) is -0.177. The first-order valence-electron chi connectivity index (χ1n) is 8.56. The highest BCUT2D eigenvalue weighted by Crippen LogP contribution is 2.27. The quantitative estimate of drug-likeness (QED) is 0.817. The molecule has 0 radical (unpaired) electrons. The van der Waals surface area contributed by atoms with Crippen LogP contribution in [-0.2, 0) is 21.4 Å². The summed E-state index contributed by atoms with van der Waals surface area (Å²) in [6, 6.07) is 8.17. The van der Waals surface area contributed by atoms with Crippen LogP contribution < -0.4 is 10.9 Å². The minimum atomic E-state index is -3.69. The van der Waals surface area contributed by atoms with Crippen LogP contribution in [0.4, 0.5) is 5.69 Å². The first-order valence-corrected chi connectivity index (χ1v) is 10.0. The van der Waals surface area contributed by atoms with E-state index >= 15 is 0 Å². The van der Waals surface area contributed by atoms with Crippen LogP contribution in [0.3, 0.4) is 0 Å². The van der Waals surface area contributed by atoms with Crippen molar-refractivity contribution in [2.45, 2.75) is 38.1 Å². The molecule has 1 heterocycles.